The summed E-state index contributed by atoms with van der Waals surface area (Å²) in [6.07, 6.45) is 1.15. The third-order valence-corrected chi connectivity index (χ3v) is 4.12. The lowest BCUT2D eigenvalue weighted by molar-refractivity contribution is -0.121. The van der Waals surface area contributed by atoms with Crippen molar-refractivity contribution in [1.29, 1.82) is 0 Å². The molecule has 1 aromatic carbocycles. The summed E-state index contributed by atoms with van der Waals surface area (Å²) in [5.41, 5.74) is 2.00. The van der Waals surface area contributed by atoms with E-state index in [4.69, 9.17) is 4.74 Å². The first-order chi connectivity index (χ1) is 10.6. The van der Waals surface area contributed by atoms with E-state index in [1.54, 1.807) is 18.4 Å². The number of carbonyl (C=O) groups excluding carboxylic acids is 1. The number of rotatable bonds is 7. The Morgan fingerprint density at radius 1 is 1.41 bits per heavy atom. The lowest BCUT2D eigenvalue weighted by Gasteiger charge is -2.06. The van der Waals surface area contributed by atoms with E-state index in [2.05, 4.69) is 24.1 Å². The fourth-order valence-electron chi connectivity index (χ4n) is 1.96. The monoisotopic (exact) mass is 318 g/mol. The predicted molar refractivity (Wildman–Crippen MR) is 90.3 cm³/mol. The molecule has 5 heteroatoms. The second kappa shape index (κ2) is 7.94. The van der Waals surface area contributed by atoms with Crippen LogP contribution in [0.2, 0.25) is 0 Å². The predicted octanol–water partition coefficient (Wildman–Crippen LogP) is 3.52. The molecule has 0 unspecified atom stereocenters. The number of hydrogen-bond donors (Lipinski definition) is 1. The number of aromatic nitrogens is 1. The molecular formula is C17H22N2O2S. The highest BCUT2D eigenvalue weighted by Crippen LogP contribution is 2.27. The number of hydrogen-bond acceptors (Lipinski definition) is 4. The van der Waals surface area contributed by atoms with Gasteiger partial charge in [-0.3, -0.25) is 4.79 Å². The quantitative estimate of drug-likeness (QED) is 0.850. The molecule has 0 bridgehead atoms. The average molecular weight is 318 g/mol. The van der Waals surface area contributed by atoms with Gasteiger partial charge in [0.2, 0.25) is 5.91 Å². The van der Waals surface area contributed by atoms with Crippen LogP contribution in [0.15, 0.2) is 29.6 Å². The Balaban J connectivity index is 1.92. The van der Waals surface area contributed by atoms with Crippen molar-refractivity contribution in [3.05, 3.63) is 35.3 Å². The van der Waals surface area contributed by atoms with Gasteiger partial charge < -0.3 is 10.1 Å². The maximum Gasteiger partial charge on any atom is 0.220 e. The summed E-state index contributed by atoms with van der Waals surface area (Å²) in [7, 11) is 1.65. The Morgan fingerprint density at radius 2 is 2.23 bits per heavy atom. The number of ether oxygens (including phenoxy) is 1. The molecule has 1 N–H and O–H groups in total. The molecule has 1 aromatic heterocycles. The molecule has 0 aliphatic rings. The molecule has 2 rings (SSSR count). The highest BCUT2D eigenvalue weighted by molar-refractivity contribution is 7.13. The molecular weight excluding hydrogens is 296 g/mol. The molecule has 118 valence electrons. The van der Waals surface area contributed by atoms with Crippen LogP contribution in [0.3, 0.4) is 0 Å². The van der Waals surface area contributed by atoms with Gasteiger partial charge in [0.05, 0.1) is 12.8 Å². The van der Waals surface area contributed by atoms with Crippen LogP contribution in [0.25, 0.3) is 10.6 Å². The Hall–Kier alpha value is -1.88. The number of benzene rings is 1. The second-order valence-corrected chi connectivity index (χ2v) is 6.43. The maximum absolute atomic E-state index is 11.7. The summed E-state index contributed by atoms with van der Waals surface area (Å²) in [4.78, 5) is 16.3. The number of nitrogens with zero attached hydrogens (tertiary/aromatic N) is 1. The van der Waals surface area contributed by atoms with E-state index < -0.39 is 0 Å². The molecule has 0 fully saturated rings. The fourth-order valence-corrected chi connectivity index (χ4v) is 2.81. The standard InChI is InChI=1S/C17H22N2O2S/c1-12(2)10-18-16(20)8-7-14-11-22-17(19-14)13-5-4-6-15(9-13)21-3/h4-6,9,11-12H,7-8,10H2,1-3H3,(H,18,20). The molecule has 1 amide bonds. The highest BCUT2D eigenvalue weighted by Gasteiger charge is 2.08. The highest BCUT2D eigenvalue weighted by atomic mass is 32.1. The summed E-state index contributed by atoms with van der Waals surface area (Å²) in [5.74, 6) is 1.38. The molecule has 0 aliphatic carbocycles. The van der Waals surface area contributed by atoms with E-state index >= 15 is 0 Å². The van der Waals surface area contributed by atoms with Gasteiger partial charge in [0.25, 0.3) is 0 Å². The first-order valence-electron chi connectivity index (χ1n) is 7.44. The van der Waals surface area contributed by atoms with Gasteiger partial charge in [0.1, 0.15) is 10.8 Å². The van der Waals surface area contributed by atoms with E-state index in [0.29, 0.717) is 18.8 Å². The number of methoxy groups -OCH3 is 1. The van der Waals surface area contributed by atoms with Crippen LogP contribution in [0.5, 0.6) is 5.75 Å². The van der Waals surface area contributed by atoms with Crippen LogP contribution in [0, 0.1) is 5.92 Å². The van der Waals surface area contributed by atoms with E-state index in [0.717, 1.165) is 28.6 Å². The van der Waals surface area contributed by atoms with Crippen molar-refractivity contribution in [3.8, 4) is 16.3 Å². The van der Waals surface area contributed by atoms with Crippen molar-refractivity contribution < 1.29 is 9.53 Å². The van der Waals surface area contributed by atoms with Crippen molar-refractivity contribution in [2.45, 2.75) is 26.7 Å². The first kappa shape index (κ1) is 16.5. The van der Waals surface area contributed by atoms with Crippen LogP contribution in [-0.4, -0.2) is 24.5 Å². The van der Waals surface area contributed by atoms with Crippen molar-refractivity contribution >= 4 is 17.2 Å². The van der Waals surface area contributed by atoms with Crippen molar-refractivity contribution in [2.24, 2.45) is 5.92 Å². The normalized spacial score (nSPS) is 10.7. The Labute approximate surface area is 135 Å². The van der Waals surface area contributed by atoms with Gasteiger partial charge >= 0.3 is 0 Å². The van der Waals surface area contributed by atoms with Gasteiger partial charge in [-0.2, -0.15) is 0 Å². The zero-order valence-electron chi connectivity index (χ0n) is 13.3. The van der Waals surface area contributed by atoms with Gasteiger partial charge in [0, 0.05) is 23.9 Å². The third-order valence-electron chi connectivity index (χ3n) is 3.18. The van der Waals surface area contributed by atoms with Crippen LogP contribution in [0.4, 0.5) is 0 Å². The molecule has 1 heterocycles. The zero-order chi connectivity index (χ0) is 15.9. The summed E-state index contributed by atoms with van der Waals surface area (Å²) in [6, 6.07) is 7.85. The van der Waals surface area contributed by atoms with E-state index in [1.807, 2.05) is 29.6 Å². The fraction of sp³-hybridized carbons (Fsp3) is 0.412. The zero-order valence-corrected chi connectivity index (χ0v) is 14.1. The van der Waals surface area contributed by atoms with Gasteiger partial charge in [-0.1, -0.05) is 26.0 Å². The lowest BCUT2D eigenvalue weighted by Crippen LogP contribution is -2.27. The molecule has 0 atom stereocenters. The van der Waals surface area contributed by atoms with Crippen LogP contribution >= 0.6 is 11.3 Å². The van der Waals surface area contributed by atoms with Gasteiger partial charge in [-0.25, -0.2) is 4.98 Å². The summed E-state index contributed by atoms with van der Waals surface area (Å²) in [6.45, 7) is 4.90. The number of nitrogens with one attached hydrogen (secondary N) is 1. The molecule has 0 spiro atoms. The third kappa shape index (κ3) is 4.84. The minimum absolute atomic E-state index is 0.0876. The van der Waals surface area contributed by atoms with Crippen molar-refractivity contribution in [3.63, 3.8) is 0 Å². The largest absolute Gasteiger partial charge is 0.497 e. The number of amides is 1. The van der Waals surface area contributed by atoms with Crippen LogP contribution in [-0.2, 0) is 11.2 Å². The Kier molecular flexibility index (Phi) is 5.95. The van der Waals surface area contributed by atoms with Crippen molar-refractivity contribution in [1.82, 2.24) is 10.3 Å². The number of carbonyl (C=O) groups is 1. The minimum Gasteiger partial charge on any atom is -0.497 e. The minimum atomic E-state index is 0.0876. The number of thiazole rings is 1. The summed E-state index contributed by atoms with van der Waals surface area (Å²) >= 11 is 1.59. The smallest absolute Gasteiger partial charge is 0.220 e. The molecule has 0 aliphatic heterocycles. The molecule has 0 radical (unpaired) electrons. The summed E-state index contributed by atoms with van der Waals surface area (Å²) < 4.78 is 5.23. The van der Waals surface area contributed by atoms with Gasteiger partial charge in [-0.05, 0) is 24.5 Å². The number of aryl methyl sites for hydroxylation is 1. The lowest BCUT2D eigenvalue weighted by atomic mass is 10.2. The van der Waals surface area contributed by atoms with E-state index in [9.17, 15) is 4.79 Å². The molecule has 0 saturated heterocycles. The SMILES string of the molecule is COc1cccc(-c2nc(CCC(=O)NCC(C)C)cs2)c1. The molecule has 2 aromatic rings. The van der Waals surface area contributed by atoms with E-state index in [1.165, 1.54) is 0 Å². The molecule has 0 saturated carbocycles. The van der Waals surface area contributed by atoms with Gasteiger partial charge in [-0.15, -0.1) is 11.3 Å². The Bertz CT molecular complexity index is 623. The van der Waals surface area contributed by atoms with Crippen molar-refractivity contribution in [2.75, 3.05) is 13.7 Å². The first-order valence-corrected chi connectivity index (χ1v) is 8.32. The molecule has 4 nitrogen and oxygen atoms in total. The van der Waals surface area contributed by atoms with Crippen LogP contribution in [0.1, 0.15) is 26.0 Å². The maximum atomic E-state index is 11.7. The van der Waals surface area contributed by atoms with E-state index in [-0.39, 0.29) is 5.91 Å². The summed E-state index contributed by atoms with van der Waals surface area (Å²) in [5, 5.41) is 5.90. The van der Waals surface area contributed by atoms with Gasteiger partial charge in [0.15, 0.2) is 0 Å². The topological polar surface area (TPSA) is 51.2 Å². The second-order valence-electron chi connectivity index (χ2n) is 5.57. The average Bonchev–Trinajstić information content (AvgIpc) is 3.00. The molecule has 22 heavy (non-hydrogen) atoms. The Morgan fingerprint density at radius 3 is 2.95 bits per heavy atom. The van der Waals surface area contributed by atoms with Crippen LogP contribution < -0.4 is 10.1 Å².